The Hall–Kier alpha value is -0.710. The van der Waals surface area contributed by atoms with Crippen LogP contribution in [0.25, 0.3) is 0 Å². The smallest absolute Gasteiger partial charge is 0.0473 e. The Kier molecular flexibility index (Phi) is 5.55. The maximum atomic E-state index is 11.4. The Morgan fingerprint density at radius 2 is 2.16 bits per heavy atom. The molecule has 4 heteroatoms. The molecule has 1 saturated heterocycles. The molecule has 1 fully saturated rings. The van der Waals surface area contributed by atoms with Crippen molar-refractivity contribution in [2.24, 2.45) is 0 Å². The summed E-state index contributed by atoms with van der Waals surface area (Å²) in [6.45, 7) is 6.24. The highest BCUT2D eigenvalue weighted by molar-refractivity contribution is 7.84. The van der Waals surface area contributed by atoms with Crippen LogP contribution in [0.3, 0.4) is 0 Å². The topological polar surface area (TPSA) is 32.3 Å². The maximum absolute atomic E-state index is 11.4. The highest BCUT2D eigenvalue weighted by atomic mass is 32.2. The zero-order valence-corrected chi connectivity index (χ0v) is 12.7. The average Bonchev–Trinajstić information content (AvgIpc) is 2.46. The molecule has 0 radical (unpaired) electrons. The van der Waals surface area contributed by atoms with E-state index in [-0.39, 0.29) is 5.25 Å². The van der Waals surface area contributed by atoms with Crippen LogP contribution in [0.4, 0.5) is 0 Å². The molecule has 0 spiro atoms. The first kappa shape index (κ1) is 14.7. The van der Waals surface area contributed by atoms with Crippen molar-refractivity contribution in [3.05, 3.63) is 35.9 Å². The van der Waals surface area contributed by atoms with Gasteiger partial charge in [0.15, 0.2) is 0 Å². The lowest BCUT2D eigenvalue weighted by Crippen LogP contribution is -2.46. The fourth-order valence-electron chi connectivity index (χ4n) is 2.53. The van der Waals surface area contributed by atoms with Gasteiger partial charge in [0.2, 0.25) is 0 Å². The van der Waals surface area contributed by atoms with E-state index in [1.54, 1.807) is 6.26 Å². The molecule has 0 saturated carbocycles. The summed E-state index contributed by atoms with van der Waals surface area (Å²) in [5.41, 5.74) is 1.37. The number of benzene rings is 1. The largest absolute Gasteiger partial charge is 0.314 e. The van der Waals surface area contributed by atoms with Crippen molar-refractivity contribution in [2.75, 3.05) is 32.4 Å². The molecule has 106 valence electrons. The van der Waals surface area contributed by atoms with Crippen molar-refractivity contribution in [1.82, 2.24) is 10.2 Å². The van der Waals surface area contributed by atoms with E-state index in [0.717, 1.165) is 32.6 Å². The summed E-state index contributed by atoms with van der Waals surface area (Å²) < 4.78 is 11.4. The van der Waals surface area contributed by atoms with Crippen molar-refractivity contribution in [2.45, 2.75) is 24.6 Å². The molecule has 1 aliphatic rings. The SMILES string of the molecule is CC(CCN1CCNCC1c1ccccc1)S(C)=O. The van der Waals surface area contributed by atoms with E-state index in [2.05, 4.69) is 47.5 Å². The summed E-state index contributed by atoms with van der Waals surface area (Å²) >= 11 is 0. The van der Waals surface area contributed by atoms with Crippen molar-refractivity contribution in [3.8, 4) is 0 Å². The van der Waals surface area contributed by atoms with Crippen LogP contribution in [0, 0.1) is 0 Å². The fraction of sp³-hybridized carbons (Fsp3) is 0.600. The zero-order valence-electron chi connectivity index (χ0n) is 11.8. The molecular formula is C15H24N2OS. The van der Waals surface area contributed by atoms with Crippen molar-refractivity contribution >= 4 is 10.8 Å². The van der Waals surface area contributed by atoms with Crippen molar-refractivity contribution in [3.63, 3.8) is 0 Å². The third-order valence-corrected chi connectivity index (χ3v) is 5.30. The first-order chi connectivity index (χ1) is 9.18. The number of hydrogen-bond acceptors (Lipinski definition) is 3. The highest BCUT2D eigenvalue weighted by Crippen LogP contribution is 2.22. The number of hydrogen-bond donors (Lipinski definition) is 1. The van der Waals surface area contributed by atoms with E-state index in [9.17, 15) is 4.21 Å². The van der Waals surface area contributed by atoms with Crippen molar-refractivity contribution in [1.29, 1.82) is 0 Å². The first-order valence-electron chi connectivity index (χ1n) is 7.00. The van der Waals surface area contributed by atoms with Gasteiger partial charge < -0.3 is 5.32 Å². The number of piperazine rings is 1. The molecule has 3 nitrogen and oxygen atoms in total. The van der Waals surface area contributed by atoms with Crippen LogP contribution in [0.15, 0.2) is 30.3 Å². The van der Waals surface area contributed by atoms with Crippen LogP contribution >= 0.6 is 0 Å². The van der Waals surface area contributed by atoms with Gasteiger partial charge in [0.1, 0.15) is 0 Å². The van der Waals surface area contributed by atoms with Gasteiger partial charge in [-0.05, 0) is 18.5 Å². The number of rotatable bonds is 5. The normalized spacial score (nSPS) is 24.0. The molecule has 1 heterocycles. The molecule has 1 aromatic carbocycles. The average molecular weight is 280 g/mol. The third kappa shape index (κ3) is 4.13. The minimum absolute atomic E-state index is 0.284. The first-order valence-corrected chi connectivity index (χ1v) is 8.62. The monoisotopic (exact) mass is 280 g/mol. The molecule has 1 aliphatic heterocycles. The van der Waals surface area contributed by atoms with Gasteiger partial charge in [0.05, 0.1) is 0 Å². The van der Waals surface area contributed by atoms with Crippen LogP contribution in [-0.4, -0.2) is 46.8 Å². The molecule has 1 N–H and O–H groups in total. The van der Waals surface area contributed by atoms with Crippen LogP contribution in [0.2, 0.25) is 0 Å². The predicted octanol–water partition coefficient (Wildman–Crippen LogP) is 1.79. The van der Waals surface area contributed by atoms with Gasteiger partial charge in [-0.1, -0.05) is 37.3 Å². The summed E-state index contributed by atoms with van der Waals surface area (Å²) in [7, 11) is -0.713. The highest BCUT2D eigenvalue weighted by Gasteiger charge is 2.23. The minimum Gasteiger partial charge on any atom is -0.314 e. The Balaban J connectivity index is 1.98. The van der Waals surface area contributed by atoms with E-state index in [0.29, 0.717) is 6.04 Å². The van der Waals surface area contributed by atoms with Crippen LogP contribution < -0.4 is 5.32 Å². The van der Waals surface area contributed by atoms with Gasteiger partial charge in [-0.15, -0.1) is 0 Å². The second kappa shape index (κ2) is 7.17. The molecule has 0 amide bonds. The molecular weight excluding hydrogens is 256 g/mol. The maximum Gasteiger partial charge on any atom is 0.0473 e. The van der Waals surface area contributed by atoms with Crippen molar-refractivity contribution < 1.29 is 4.21 Å². The summed E-state index contributed by atoms with van der Waals surface area (Å²) in [5, 5.41) is 3.76. The quantitative estimate of drug-likeness (QED) is 0.892. The summed E-state index contributed by atoms with van der Waals surface area (Å²) in [6.07, 6.45) is 2.81. The summed E-state index contributed by atoms with van der Waals surface area (Å²) in [6, 6.07) is 11.1. The van der Waals surface area contributed by atoms with Gasteiger partial charge in [0.25, 0.3) is 0 Å². The lowest BCUT2D eigenvalue weighted by Gasteiger charge is -2.37. The summed E-state index contributed by atoms with van der Waals surface area (Å²) in [4.78, 5) is 2.52. The molecule has 3 unspecified atom stereocenters. The Labute approximate surface area is 118 Å². The second-order valence-electron chi connectivity index (χ2n) is 5.26. The Morgan fingerprint density at radius 1 is 1.42 bits per heavy atom. The van der Waals surface area contributed by atoms with Gasteiger partial charge in [0, 0.05) is 48.0 Å². The number of nitrogens with zero attached hydrogens (tertiary/aromatic N) is 1. The van der Waals surface area contributed by atoms with E-state index in [1.807, 2.05) is 0 Å². The zero-order chi connectivity index (χ0) is 13.7. The van der Waals surface area contributed by atoms with Gasteiger partial charge in [-0.2, -0.15) is 0 Å². The molecule has 19 heavy (non-hydrogen) atoms. The Bertz CT molecular complexity index is 410. The third-order valence-electron chi connectivity index (χ3n) is 3.93. The Morgan fingerprint density at radius 3 is 2.84 bits per heavy atom. The number of nitrogens with one attached hydrogen (secondary N) is 1. The van der Waals surface area contributed by atoms with Crippen LogP contribution in [0.5, 0.6) is 0 Å². The molecule has 0 aliphatic carbocycles. The molecule has 3 atom stereocenters. The second-order valence-corrected chi connectivity index (χ2v) is 7.07. The fourth-order valence-corrected chi connectivity index (χ4v) is 2.97. The standard InChI is InChI=1S/C15H24N2OS/c1-13(19(2)18)8-10-17-11-9-16-12-15(17)14-6-4-3-5-7-14/h3-7,13,15-16H,8-12H2,1-2H3. The van der Waals surface area contributed by atoms with E-state index in [4.69, 9.17) is 0 Å². The lowest BCUT2D eigenvalue weighted by atomic mass is 10.0. The predicted molar refractivity (Wildman–Crippen MR) is 81.8 cm³/mol. The minimum atomic E-state index is -0.713. The molecule has 1 aromatic rings. The van der Waals surface area contributed by atoms with Crippen LogP contribution in [-0.2, 0) is 10.8 Å². The van der Waals surface area contributed by atoms with Crippen LogP contribution in [0.1, 0.15) is 24.9 Å². The van der Waals surface area contributed by atoms with Gasteiger partial charge in [-0.3, -0.25) is 9.11 Å². The van der Waals surface area contributed by atoms with Gasteiger partial charge >= 0.3 is 0 Å². The molecule has 0 aromatic heterocycles. The van der Waals surface area contributed by atoms with E-state index in [1.165, 1.54) is 5.56 Å². The lowest BCUT2D eigenvalue weighted by molar-refractivity contribution is 0.160. The summed E-state index contributed by atoms with van der Waals surface area (Å²) in [5.74, 6) is 0. The van der Waals surface area contributed by atoms with Gasteiger partial charge in [-0.25, -0.2) is 0 Å². The molecule has 2 rings (SSSR count). The molecule has 0 bridgehead atoms. The van der Waals surface area contributed by atoms with E-state index < -0.39 is 10.8 Å². The van der Waals surface area contributed by atoms with E-state index >= 15 is 0 Å².